The third kappa shape index (κ3) is 8.05. The molecule has 13 heteroatoms. The summed E-state index contributed by atoms with van der Waals surface area (Å²) in [7, 11) is 0. The van der Waals surface area contributed by atoms with E-state index >= 15 is 0 Å². The Morgan fingerprint density at radius 3 is 1.66 bits per heavy atom. The van der Waals surface area contributed by atoms with Gasteiger partial charge in [0.15, 0.2) is 0 Å². The Balaban J connectivity index is 1.85. The molecule has 38 heavy (non-hydrogen) atoms. The summed E-state index contributed by atoms with van der Waals surface area (Å²) in [5.41, 5.74) is 0. The van der Waals surface area contributed by atoms with Crippen LogP contribution in [-0.4, -0.2) is 105 Å². The fourth-order valence-electron chi connectivity index (χ4n) is 4.69. The monoisotopic (exact) mass is 540 g/mol. The second-order valence-electron chi connectivity index (χ2n) is 10.4. The summed E-state index contributed by atoms with van der Waals surface area (Å²) >= 11 is 0. The first kappa shape index (κ1) is 31.3. The summed E-state index contributed by atoms with van der Waals surface area (Å²) in [5.74, 6) is -5.13. The molecule has 0 aromatic rings. The maximum absolute atomic E-state index is 12.7. The highest BCUT2D eigenvalue weighted by molar-refractivity contribution is 6.03. The lowest BCUT2D eigenvalue weighted by Gasteiger charge is -2.27. The molecule has 2 saturated heterocycles. The first-order valence-corrected chi connectivity index (χ1v) is 13.0. The molecular weight excluding hydrogens is 500 g/mol. The van der Waals surface area contributed by atoms with E-state index in [1.54, 1.807) is 13.8 Å². The number of imide groups is 2. The van der Waals surface area contributed by atoms with Gasteiger partial charge in [-0.25, -0.2) is 0 Å². The van der Waals surface area contributed by atoms with Crippen molar-refractivity contribution in [2.75, 3.05) is 26.2 Å². The van der Waals surface area contributed by atoms with Crippen molar-refractivity contribution in [3.05, 3.63) is 0 Å². The summed E-state index contributed by atoms with van der Waals surface area (Å²) in [5, 5.41) is 36.1. The van der Waals surface area contributed by atoms with Crippen LogP contribution in [-0.2, 0) is 28.8 Å². The van der Waals surface area contributed by atoms with Crippen molar-refractivity contribution in [2.24, 2.45) is 23.7 Å². The minimum atomic E-state index is -1.53. The lowest BCUT2D eigenvalue weighted by atomic mass is 9.88. The number of hydrogen-bond donors (Lipinski definition) is 5. The molecule has 0 aliphatic carbocycles. The lowest BCUT2D eigenvalue weighted by molar-refractivity contribution is -0.141. The van der Waals surface area contributed by atoms with Gasteiger partial charge in [0.25, 0.3) is 0 Å². The van der Waals surface area contributed by atoms with Crippen molar-refractivity contribution in [3.8, 4) is 0 Å². The molecule has 0 aromatic carbocycles. The topological polar surface area (TPSA) is 194 Å². The maximum atomic E-state index is 12.7. The van der Waals surface area contributed by atoms with E-state index in [1.807, 2.05) is 0 Å². The van der Waals surface area contributed by atoms with Crippen molar-refractivity contribution in [1.29, 1.82) is 0 Å². The predicted octanol–water partition coefficient (Wildman–Crippen LogP) is -1.86. The molecule has 2 fully saturated rings. The number of carbonyl (C=O) groups is 6. The second-order valence-corrected chi connectivity index (χ2v) is 10.4. The first-order valence-electron chi connectivity index (χ1n) is 13.0. The minimum Gasteiger partial charge on any atom is -0.393 e. The number of nitrogens with zero attached hydrogens (tertiary/aromatic N) is 2. The summed E-state index contributed by atoms with van der Waals surface area (Å²) in [6, 6.07) is 0. The number of aliphatic hydroxyl groups is 3. The molecule has 0 spiro atoms. The quantitative estimate of drug-likeness (QED) is 0.157. The van der Waals surface area contributed by atoms with E-state index in [1.165, 1.54) is 13.8 Å². The van der Waals surface area contributed by atoms with Crippen LogP contribution in [0.3, 0.4) is 0 Å². The van der Waals surface area contributed by atoms with Crippen LogP contribution in [0, 0.1) is 23.7 Å². The Bertz CT molecular complexity index is 925. The molecule has 0 aromatic heterocycles. The zero-order chi connectivity index (χ0) is 28.7. The van der Waals surface area contributed by atoms with Gasteiger partial charge in [0.2, 0.25) is 35.4 Å². The molecule has 0 saturated carbocycles. The molecule has 13 nitrogen and oxygen atoms in total. The molecule has 0 bridgehead atoms. The molecule has 6 amide bonds. The van der Waals surface area contributed by atoms with Gasteiger partial charge in [-0.05, 0) is 19.8 Å². The molecule has 2 aliphatic rings. The molecule has 7 unspecified atom stereocenters. The smallest absolute Gasteiger partial charge is 0.232 e. The Labute approximate surface area is 221 Å². The van der Waals surface area contributed by atoms with Gasteiger partial charge in [-0.3, -0.25) is 38.6 Å². The molecule has 2 heterocycles. The van der Waals surface area contributed by atoms with Gasteiger partial charge in [0.05, 0.1) is 24.2 Å². The molecule has 2 aliphatic heterocycles. The van der Waals surface area contributed by atoms with E-state index in [9.17, 15) is 44.1 Å². The van der Waals surface area contributed by atoms with Crippen molar-refractivity contribution < 1.29 is 44.1 Å². The van der Waals surface area contributed by atoms with Crippen LogP contribution < -0.4 is 10.6 Å². The highest BCUT2D eigenvalue weighted by atomic mass is 16.3. The van der Waals surface area contributed by atoms with E-state index in [-0.39, 0.29) is 75.5 Å². The summed E-state index contributed by atoms with van der Waals surface area (Å²) in [6.07, 6.45) is -3.92. The zero-order valence-corrected chi connectivity index (χ0v) is 22.4. The van der Waals surface area contributed by atoms with E-state index in [0.29, 0.717) is 0 Å². The fourth-order valence-corrected chi connectivity index (χ4v) is 4.69. The average Bonchev–Trinajstić information content (AvgIpc) is 3.23. The summed E-state index contributed by atoms with van der Waals surface area (Å²) < 4.78 is 0. The number of nitrogens with one attached hydrogen (secondary N) is 2. The summed E-state index contributed by atoms with van der Waals surface area (Å²) in [4.78, 5) is 75.1. The van der Waals surface area contributed by atoms with Gasteiger partial charge >= 0.3 is 0 Å². The van der Waals surface area contributed by atoms with Crippen LogP contribution in [0.4, 0.5) is 0 Å². The van der Waals surface area contributed by atoms with Crippen LogP contribution in [0.25, 0.3) is 0 Å². The van der Waals surface area contributed by atoms with E-state index in [2.05, 4.69) is 10.6 Å². The van der Waals surface area contributed by atoms with Gasteiger partial charge in [0.1, 0.15) is 0 Å². The predicted molar refractivity (Wildman–Crippen MR) is 133 cm³/mol. The van der Waals surface area contributed by atoms with Crippen molar-refractivity contribution >= 4 is 35.4 Å². The van der Waals surface area contributed by atoms with Crippen molar-refractivity contribution in [2.45, 2.75) is 71.7 Å². The number of likely N-dealkylation sites (tertiary alicyclic amines) is 2. The van der Waals surface area contributed by atoms with Crippen LogP contribution in [0.2, 0.25) is 0 Å². The Kier molecular flexibility index (Phi) is 11.3. The minimum absolute atomic E-state index is 0.00238. The van der Waals surface area contributed by atoms with Gasteiger partial charge in [-0.1, -0.05) is 20.8 Å². The van der Waals surface area contributed by atoms with Crippen LogP contribution in [0.15, 0.2) is 0 Å². The number of carbonyl (C=O) groups excluding carboxylic acids is 6. The van der Waals surface area contributed by atoms with E-state index in [0.717, 1.165) is 9.80 Å². The maximum Gasteiger partial charge on any atom is 0.232 e. The van der Waals surface area contributed by atoms with Gasteiger partial charge in [-0.15, -0.1) is 0 Å². The molecular formula is C25H40N4O9. The van der Waals surface area contributed by atoms with Gasteiger partial charge < -0.3 is 26.0 Å². The van der Waals surface area contributed by atoms with E-state index in [4.69, 9.17) is 0 Å². The third-order valence-electron chi connectivity index (χ3n) is 7.05. The van der Waals surface area contributed by atoms with Gasteiger partial charge in [0, 0.05) is 56.8 Å². The van der Waals surface area contributed by atoms with Crippen LogP contribution >= 0.6 is 0 Å². The standard InChI is InChI=1S/C25H40N4O9/c1-13-9-19(32)28(24(13)37)7-5-26-22(35)16(4)21(34)18(31)12-17(11-15(3)30)23(36)27-6-8-29-20(33)10-14(2)25(29)38/h13-18,21,30-31,34H,5-12H2,1-4H3,(H,26,35)(H,27,36). The van der Waals surface area contributed by atoms with Crippen molar-refractivity contribution in [3.63, 3.8) is 0 Å². The summed E-state index contributed by atoms with van der Waals surface area (Å²) in [6.45, 7) is 6.17. The number of aliphatic hydroxyl groups excluding tert-OH is 3. The number of amides is 6. The Morgan fingerprint density at radius 1 is 0.816 bits per heavy atom. The Morgan fingerprint density at radius 2 is 1.26 bits per heavy atom. The van der Waals surface area contributed by atoms with Crippen LogP contribution in [0.1, 0.15) is 53.4 Å². The van der Waals surface area contributed by atoms with Gasteiger partial charge in [-0.2, -0.15) is 0 Å². The highest BCUT2D eigenvalue weighted by Gasteiger charge is 2.37. The lowest BCUT2D eigenvalue weighted by Crippen LogP contribution is -2.46. The molecule has 7 atom stereocenters. The second kappa shape index (κ2) is 13.8. The highest BCUT2D eigenvalue weighted by Crippen LogP contribution is 2.21. The molecule has 0 radical (unpaired) electrons. The fraction of sp³-hybridized carbons (Fsp3) is 0.760. The SMILES string of the molecule is CC(O)CC(CC(O)C(O)C(C)C(=O)NCCN1C(=O)CC(C)C1=O)C(=O)NCCN1C(=O)CC(C)C1=O. The normalized spacial score (nSPS) is 23.9. The van der Waals surface area contributed by atoms with Crippen LogP contribution in [0.5, 0.6) is 0 Å². The first-order chi connectivity index (χ1) is 17.7. The largest absolute Gasteiger partial charge is 0.393 e. The zero-order valence-electron chi connectivity index (χ0n) is 22.4. The number of rotatable bonds is 14. The Hall–Kier alpha value is -2.90. The average molecular weight is 541 g/mol. The van der Waals surface area contributed by atoms with E-state index < -0.39 is 53.8 Å². The third-order valence-corrected chi connectivity index (χ3v) is 7.05. The van der Waals surface area contributed by atoms with Crippen molar-refractivity contribution in [1.82, 2.24) is 20.4 Å². The molecule has 2 rings (SSSR count). The molecule has 5 N–H and O–H groups in total. The molecule has 214 valence electrons. The number of hydrogen-bond acceptors (Lipinski definition) is 9.